The summed E-state index contributed by atoms with van der Waals surface area (Å²) in [6.45, 7) is 2.94. The molecule has 0 aliphatic rings. The third-order valence-corrected chi connectivity index (χ3v) is 2.75. The lowest BCUT2D eigenvalue weighted by molar-refractivity contribution is 0.165. The number of hydrogen-bond donors (Lipinski definition) is 1. The Morgan fingerprint density at radius 3 is 2.82 bits per heavy atom. The Bertz CT molecular complexity index is 376. The van der Waals surface area contributed by atoms with Crippen LogP contribution in [-0.4, -0.2) is 38.2 Å². The highest BCUT2D eigenvalue weighted by Crippen LogP contribution is 2.25. The number of urea groups is 1. The van der Waals surface area contributed by atoms with Gasteiger partial charge in [-0.25, -0.2) is 4.79 Å². The SMILES string of the molecule is COCCN(C)C(=O)Nc1c(C)cccc1Cl. The Kier molecular flexibility index (Phi) is 5.25. The zero-order chi connectivity index (χ0) is 12.8. The fourth-order valence-corrected chi connectivity index (χ4v) is 1.59. The molecule has 0 radical (unpaired) electrons. The summed E-state index contributed by atoms with van der Waals surface area (Å²) in [4.78, 5) is 13.4. The quantitative estimate of drug-likeness (QED) is 0.900. The highest BCUT2D eigenvalue weighted by atomic mass is 35.5. The topological polar surface area (TPSA) is 41.6 Å². The van der Waals surface area contributed by atoms with E-state index in [1.165, 1.54) is 0 Å². The summed E-state index contributed by atoms with van der Waals surface area (Å²) >= 11 is 6.02. The van der Waals surface area contributed by atoms with Gasteiger partial charge in [0.25, 0.3) is 0 Å². The van der Waals surface area contributed by atoms with Crippen LogP contribution in [0.2, 0.25) is 5.02 Å². The standard InChI is InChI=1S/C12H17ClN2O2/c1-9-5-4-6-10(13)11(9)14-12(16)15(2)7-8-17-3/h4-6H,7-8H2,1-3H3,(H,14,16). The largest absolute Gasteiger partial charge is 0.383 e. The van der Waals surface area contributed by atoms with Gasteiger partial charge in [0, 0.05) is 20.7 Å². The number of methoxy groups -OCH3 is 1. The van der Waals surface area contributed by atoms with Crippen molar-refractivity contribution in [2.45, 2.75) is 6.92 Å². The highest BCUT2D eigenvalue weighted by molar-refractivity contribution is 6.33. The van der Waals surface area contributed by atoms with Gasteiger partial charge in [-0.2, -0.15) is 0 Å². The highest BCUT2D eigenvalue weighted by Gasteiger charge is 2.11. The molecular formula is C12H17ClN2O2. The van der Waals surface area contributed by atoms with Gasteiger partial charge in [0.1, 0.15) is 0 Å². The van der Waals surface area contributed by atoms with E-state index in [9.17, 15) is 4.79 Å². The number of halogens is 1. The van der Waals surface area contributed by atoms with Crippen molar-refractivity contribution in [2.75, 3.05) is 32.6 Å². The zero-order valence-electron chi connectivity index (χ0n) is 10.3. The number of likely N-dealkylation sites (N-methyl/N-ethyl adjacent to an activating group) is 1. The molecule has 5 heteroatoms. The normalized spacial score (nSPS) is 10.1. The summed E-state index contributed by atoms with van der Waals surface area (Å²) in [7, 11) is 3.31. The molecule has 4 nitrogen and oxygen atoms in total. The summed E-state index contributed by atoms with van der Waals surface area (Å²) in [6.07, 6.45) is 0. The average molecular weight is 257 g/mol. The first kappa shape index (κ1) is 13.8. The zero-order valence-corrected chi connectivity index (χ0v) is 11.0. The van der Waals surface area contributed by atoms with Gasteiger partial charge in [-0.1, -0.05) is 23.7 Å². The number of carbonyl (C=O) groups excluding carboxylic acids is 1. The summed E-state index contributed by atoms with van der Waals surface area (Å²) < 4.78 is 4.91. The molecule has 1 rings (SSSR count). The first-order valence-electron chi connectivity index (χ1n) is 5.32. The number of anilines is 1. The second-order valence-corrected chi connectivity index (χ2v) is 4.18. The Balaban J connectivity index is 2.68. The molecule has 0 aliphatic heterocycles. The fourth-order valence-electron chi connectivity index (χ4n) is 1.32. The lowest BCUT2D eigenvalue weighted by Crippen LogP contribution is -2.34. The molecule has 0 unspecified atom stereocenters. The molecule has 2 amide bonds. The number of hydrogen-bond acceptors (Lipinski definition) is 2. The molecule has 0 aromatic heterocycles. The van der Waals surface area contributed by atoms with Crippen molar-refractivity contribution in [3.8, 4) is 0 Å². The lowest BCUT2D eigenvalue weighted by Gasteiger charge is -2.18. The molecule has 17 heavy (non-hydrogen) atoms. The van der Waals surface area contributed by atoms with E-state index < -0.39 is 0 Å². The van der Waals surface area contributed by atoms with Crippen molar-refractivity contribution in [3.63, 3.8) is 0 Å². The van der Waals surface area contributed by atoms with E-state index in [-0.39, 0.29) is 6.03 Å². The molecule has 0 bridgehead atoms. The maximum atomic E-state index is 11.8. The Morgan fingerprint density at radius 1 is 1.53 bits per heavy atom. The van der Waals surface area contributed by atoms with Crippen molar-refractivity contribution in [1.29, 1.82) is 0 Å². The molecule has 0 heterocycles. The Morgan fingerprint density at radius 2 is 2.24 bits per heavy atom. The molecular weight excluding hydrogens is 240 g/mol. The van der Waals surface area contributed by atoms with Crippen LogP contribution in [0.15, 0.2) is 18.2 Å². The van der Waals surface area contributed by atoms with E-state index in [4.69, 9.17) is 16.3 Å². The predicted molar refractivity (Wildman–Crippen MR) is 69.7 cm³/mol. The van der Waals surface area contributed by atoms with Gasteiger partial charge in [0.15, 0.2) is 0 Å². The monoisotopic (exact) mass is 256 g/mol. The molecule has 1 N–H and O–H groups in total. The molecule has 0 atom stereocenters. The van der Waals surface area contributed by atoms with Crippen LogP contribution >= 0.6 is 11.6 Å². The van der Waals surface area contributed by atoms with Crippen LogP contribution in [0.25, 0.3) is 0 Å². The first-order chi connectivity index (χ1) is 8.06. The minimum absolute atomic E-state index is 0.196. The molecule has 0 spiro atoms. The van der Waals surface area contributed by atoms with Crippen molar-refractivity contribution in [3.05, 3.63) is 28.8 Å². The van der Waals surface area contributed by atoms with Crippen molar-refractivity contribution >= 4 is 23.3 Å². The predicted octanol–water partition coefficient (Wildman–Crippen LogP) is 2.76. The number of ether oxygens (including phenoxy) is 1. The van der Waals surface area contributed by atoms with E-state index in [1.807, 2.05) is 19.1 Å². The third kappa shape index (κ3) is 3.91. The molecule has 0 aliphatic carbocycles. The lowest BCUT2D eigenvalue weighted by atomic mass is 10.2. The number of rotatable bonds is 4. The van der Waals surface area contributed by atoms with E-state index in [0.29, 0.717) is 23.9 Å². The maximum Gasteiger partial charge on any atom is 0.321 e. The van der Waals surface area contributed by atoms with Gasteiger partial charge in [0.2, 0.25) is 0 Å². The van der Waals surface area contributed by atoms with Crippen LogP contribution in [0, 0.1) is 6.92 Å². The summed E-state index contributed by atoms with van der Waals surface area (Å²) in [5, 5.41) is 3.33. The van der Waals surface area contributed by atoms with Crippen LogP contribution < -0.4 is 5.32 Å². The third-order valence-electron chi connectivity index (χ3n) is 2.43. The van der Waals surface area contributed by atoms with Gasteiger partial charge in [-0.05, 0) is 18.6 Å². The number of nitrogens with one attached hydrogen (secondary N) is 1. The molecule has 0 fully saturated rings. The number of benzene rings is 1. The smallest absolute Gasteiger partial charge is 0.321 e. The van der Waals surface area contributed by atoms with Crippen LogP contribution in [-0.2, 0) is 4.74 Å². The van der Waals surface area contributed by atoms with Gasteiger partial charge in [-0.15, -0.1) is 0 Å². The second-order valence-electron chi connectivity index (χ2n) is 3.78. The first-order valence-corrected chi connectivity index (χ1v) is 5.70. The van der Waals surface area contributed by atoms with Gasteiger partial charge in [0.05, 0.1) is 17.3 Å². The minimum atomic E-state index is -0.196. The van der Waals surface area contributed by atoms with Crippen molar-refractivity contribution < 1.29 is 9.53 Å². The number of aryl methyl sites for hydroxylation is 1. The molecule has 94 valence electrons. The van der Waals surface area contributed by atoms with Crippen LogP contribution in [0.5, 0.6) is 0 Å². The summed E-state index contributed by atoms with van der Waals surface area (Å²) in [5.74, 6) is 0. The molecule has 0 saturated heterocycles. The minimum Gasteiger partial charge on any atom is -0.383 e. The van der Waals surface area contributed by atoms with Gasteiger partial charge in [-0.3, -0.25) is 0 Å². The van der Waals surface area contributed by atoms with Crippen LogP contribution in [0.4, 0.5) is 10.5 Å². The average Bonchev–Trinajstić information content (AvgIpc) is 2.30. The number of nitrogens with zero attached hydrogens (tertiary/aromatic N) is 1. The molecule has 0 saturated carbocycles. The fraction of sp³-hybridized carbons (Fsp3) is 0.417. The number of amides is 2. The van der Waals surface area contributed by atoms with E-state index in [1.54, 1.807) is 25.1 Å². The van der Waals surface area contributed by atoms with Crippen molar-refractivity contribution in [1.82, 2.24) is 4.90 Å². The van der Waals surface area contributed by atoms with E-state index in [2.05, 4.69) is 5.32 Å². The molecule has 1 aromatic rings. The van der Waals surface area contributed by atoms with Gasteiger partial charge < -0.3 is 15.0 Å². The van der Waals surface area contributed by atoms with Gasteiger partial charge >= 0.3 is 6.03 Å². The maximum absolute atomic E-state index is 11.8. The summed E-state index contributed by atoms with van der Waals surface area (Å²) in [5.41, 5.74) is 1.59. The van der Waals surface area contributed by atoms with Crippen LogP contribution in [0.1, 0.15) is 5.56 Å². The Hall–Kier alpha value is -1.26. The Labute approximate surface area is 107 Å². The number of carbonyl (C=O) groups is 1. The van der Waals surface area contributed by atoms with Crippen molar-refractivity contribution in [2.24, 2.45) is 0 Å². The number of para-hydroxylation sites is 1. The van der Waals surface area contributed by atoms with E-state index in [0.717, 1.165) is 5.56 Å². The second kappa shape index (κ2) is 6.47. The summed E-state index contributed by atoms with van der Waals surface area (Å²) in [6, 6.07) is 5.30. The van der Waals surface area contributed by atoms with E-state index >= 15 is 0 Å². The van der Waals surface area contributed by atoms with Crippen LogP contribution in [0.3, 0.4) is 0 Å². The molecule has 1 aromatic carbocycles.